The Morgan fingerprint density at radius 2 is 1.00 bits per heavy atom. The molecule has 1 heteroatoms. The molecule has 0 nitrogen and oxygen atoms in total. The lowest BCUT2D eigenvalue weighted by Crippen LogP contribution is -2.34. The number of hydrogen-bond donors (Lipinski definition) is 0. The first-order chi connectivity index (χ1) is 25.2. The molecule has 1 aliphatic heterocycles. The number of aryl methyl sites for hydroxylation is 1. The SMILES string of the molecule is C1=C(c2cccc(-c3cccc(-c4cc(-c5ccccc5)cc(-c5ccccc5)c4)c3)c2)CCc2ccc3c(c21)=C1Sc2ccccc2C1CC=3. The van der Waals surface area contributed by atoms with E-state index < -0.39 is 0 Å². The van der Waals surface area contributed by atoms with Gasteiger partial charge in [0.1, 0.15) is 0 Å². The van der Waals surface area contributed by atoms with Crippen molar-refractivity contribution in [2.24, 2.45) is 0 Å². The number of fused-ring (bicyclic) bond motifs is 6. The first-order valence-electron chi connectivity index (χ1n) is 18.1. The highest BCUT2D eigenvalue weighted by molar-refractivity contribution is 8.08. The van der Waals surface area contributed by atoms with Crippen LogP contribution in [-0.2, 0) is 6.42 Å². The van der Waals surface area contributed by atoms with Gasteiger partial charge in [-0.3, -0.25) is 0 Å². The summed E-state index contributed by atoms with van der Waals surface area (Å²) in [4.78, 5) is 2.97. The molecule has 0 amide bonds. The Morgan fingerprint density at radius 3 is 1.71 bits per heavy atom. The molecule has 0 N–H and O–H groups in total. The first kappa shape index (κ1) is 30.2. The Morgan fingerprint density at radius 1 is 0.451 bits per heavy atom. The smallest absolute Gasteiger partial charge is 0.0205 e. The van der Waals surface area contributed by atoms with Gasteiger partial charge >= 0.3 is 0 Å². The molecule has 2 aliphatic carbocycles. The normalized spacial score (nSPS) is 15.6. The maximum absolute atomic E-state index is 2.51. The van der Waals surface area contributed by atoms with Gasteiger partial charge in [-0.15, -0.1) is 0 Å². The molecule has 242 valence electrons. The van der Waals surface area contributed by atoms with Crippen LogP contribution >= 0.6 is 11.8 Å². The standard InChI is InChI=1S/C50H36S/c1-3-11-33(12-4-1)42-29-43(34-13-5-2-6-14-34)31-44(30-42)40-18-10-16-38(28-40)37-15-9-17-39(27-37)41-24-22-35-21-23-36-25-26-46-45-19-7-8-20-48(45)51-50(46)49(36)47(35)32-41/h1-21,23,25,27-32,46H,22,24,26H2. The number of thioether (sulfide) groups is 1. The second kappa shape index (κ2) is 12.6. The van der Waals surface area contributed by atoms with E-state index in [4.69, 9.17) is 0 Å². The van der Waals surface area contributed by atoms with Gasteiger partial charge in [0.05, 0.1) is 0 Å². The van der Waals surface area contributed by atoms with E-state index in [-0.39, 0.29) is 0 Å². The van der Waals surface area contributed by atoms with Crippen molar-refractivity contribution in [3.8, 4) is 44.5 Å². The molecule has 0 radical (unpaired) electrons. The van der Waals surface area contributed by atoms with E-state index >= 15 is 0 Å². The fourth-order valence-electron chi connectivity index (χ4n) is 8.31. The van der Waals surface area contributed by atoms with Crippen LogP contribution in [-0.4, -0.2) is 0 Å². The summed E-state index contributed by atoms with van der Waals surface area (Å²) in [6.07, 6.45) is 8.21. The Kier molecular flexibility index (Phi) is 7.47. The van der Waals surface area contributed by atoms with Crippen molar-refractivity contribution >= 4 is 34.4 Å². The van der Waals surface area contributed by atoms with Gasteiger partial charge in [-0.1, -0.05) is 151 Å². The third-order valence-corrected chi connectivity index (χ3v) is 12.2. The van der Waals surface area contributed by atoms with Gasteiger partial charge in [-0.25, -0.2) is 0 Å². The predicted molar refractivity (Wildman–Crippen MR) is 218 cm³/mol. The number of allylic oxidation sites excluding steroid dienone is 1. The van der Waals surface area contributed by atoms with E-state index in [1.54, 1.807) is 4.91 Å². The molecule has 1 unspecified atom stereocenters. The quantitative estimate of drug-likeness (QED) is 0.176. The molecule has 0 fully saturated rings. The average Bonchev–Trinajstić information content (AvgIpc) is 3.60. The van der Waals surface area contributed by atoms with Gasteiger partial charge in [0.15, 0.2) is 0 Å². The van der Waals surface area contributed by atoms with Crippen molar-refractivity contribution in [2.45, 2.75) is 30.1 Å². The van der Waals surface area contributed by atoms with Gasteiger partial charge in [0.25, 0.3) is 0 Å². The van der Waals surface area contributed by atoms with Crippen LogP contribution in [0.3, 0.4) is 0 Å². The summed E-state index contributed by atoms with van der Waals surface area (Å²) in [5.41, 5.74) is 17.0. The van der Waals surface area contributed by atoms with E-state index in [0.29, 0.717) is 5.92 Å². The summed E-state index contributed by atoms with van der Waals surface area (Å²) in [6.45, 7) is 0. The molecule has 0 spiro atoms. The van der Waals surface area contributed by atoms with Gasteiger partial charge in [0, 0.05) is 15.7 Å². The minimum atomic E-state index is 0.483. The molecule has 0 bridgehead atoms. The van der Waals surface area contributed by atoms with Crippen LogP contribution in [0.1, 0.15) is 41.0 Å². The highest BCUT2D eigenvalue weighted by Crippen LogP contribution is 2.51. The largest absolute Gasteiger partial charge is 0.0929 e. The fourth-order valence-corrected chi connectivity index (χ4v) is 9.72. The van der Waals surface area contributed by atoms with Crippen LogP contribution in [0, 0.1) is 0 Å². The zero-order valence-corrected chi connectivity index (χ0v) is 29.2. The average molecular weight is 669 g/mol. The molecule has 0 saturated carbocycles. The summed E-state index contributed by atoms with van der Waals surface area (Å²) >= 11 is 2.00. The second-order valence-corrected chi connectivity index (χ2v) is 15.0. The number of benzene rings is 7. The highest BCUT2D eigenvalue weighted by atomic mass is 32.2. The molecule has 51 heavy (non-hydrogen) atoms. The highest BCUT2D eigenvalue weighted by Gasteiger charge is 2.31. The molecule has 7 aromatic carbocycles. The number of hydrogen-bond acceptors (Lipinski definition) is 1. The van der Waals surface area contributed by atoms with E-state index in [0.717, 1.165) is 19.3 Å². The van der Waals surface area contributed by atoms with Crippen LogP contribution in [0.2, 0.25) is 0 Å². The van der Waals surface area contributed by atoms with Crippen LogP contribution in [0.15, 0.2) is 169 Å². The van der Waals surface area contributed by atoms with Gasteiger partial charge in [-0.05, 0) is 138 Å². The summed E-state index contributed by atoms with van der Waals surface area (Å²) in [5, 5.41) is 2.87. The van der Waals surface area contributed by atoms with Crippen molar-refractivity contribution in [2.75, 3.05) is 0 Å². The first-order valence-corrected chi connectivity index (χ1v) is 18.9. The van der Waals surface area contributed by atoms with Crippen LogP contribution in [0.4, 0.5) is 0 Å². The minimum Gasteiger partial charge on any atom is -0.0929 e. The molecule has 3 aliphatic rings. The van der Waals surface area contributed by atoms with Crippen molar-refractivity contribution < 1.29 is 0 Å². The van der Waals surface area contributed by atoms with Gasteiger partial charge in [0.2, 0.25) is 0 Å². The Balaban J connectivity index is 1.04. The summed E-state index contributed by atoms with van der Waals surface area (Å²) in [5.74, 6) is 0.483. The van der Waals surface area contributed by atoms with Gasteiger partial charge in [-0.2, -0.15) is 0 Å². The maximum atomic E-state index is 2.51. The molecular formula is C50H36S. The van der Waals surface area contributed by atoms with Crippen molar-refractivity contribution in [3.63, 3.8) is 0 Å². The molecule has 1 atom stereocenters. The van der Waals surface area contributed by atoms with E-state index in [1.165, 1.54) is 87.7 Å². The lowest BCUT2D eigenvalue weighted by molar-refractivity contribution is 0.899. The molecular weight excluding hydrogens is 633 g/mol. The molecule has 1 heterocycles. The zero-order chi connectivity index (χ0) is 33.7. The predicted octanol–water partition coefficient (Wildman–Crippen LogP) is 12.0. The molecule has 0 saturated heterocycles. The second-order valence-electron chi connectivity index (χ2n) is 14.0. The van der Waals surface area contributed by atoms with E-state index in [1.807, 2.05) is 11.8 Å². The maximum Gasteiger partial charge on any atom is 0.0205 e. The third-order valence-electron chi connectivity index (χ3n) is 10.9. The fraction of sp³-hybridized carbons (Fsp3) is 0.0800. The van der Waals surface area contributed by atoms with Crippen molar-refractivity contribution in [3.05, 3.63) is 196 Å². The summed E-state index contributed by atoms with van der Waals surface area (Å²) < 4.78 is 0. The van der Waals surface area contributed by atoms with Crippen LogP contribution < -0.4 is 10.4 Å². The minimum absolute atomic E-state index is 0.483. The van der Waals surface area contributed by atoms with Crippen LogP contribution in [0.5, 0.6) is 0 Å². The monoisotopic (exact) mass is 668 g/mol. The summed E-state index contributed by atoms with van der Waals surface area (Å²) in [6, 6.07) is 60.5. The van der Waals surface area contributed by atoms with E-state index in [9.17, 15) is 0 Å². The van der Waals surface area contributed by atoms with E-state index in [2.05, 4.69) is 176 Å². The van der Waals surface area contributed by atoms with Crippen molar-refractivity contribution in [1.29, 1.82) is 0 Å². The lowest BCUT2D eigenvalue weighted by Gasteiger charge is -2.22. The number of rotatable bonds is 5. The van der Waals surface area contributed by atoms with Crippen molar-refractivity contribution in [1.82, 2.24) is 0 Å². The third kappa shape index (κ3) is 5.50. The van der Waals surface area contributed by atoms with Crippen LogP contribution in [0.25, 0.3) is 67.1 Å². The lowest BCUT2D eigenvalue weighted by atomic mass is 9.83. The molecule has 7 aromatic rings. The Hall–Kier alpha value is -5.63. The Labute approximate surface area is 304 Å². The van der Waals surface area contributed by atoms with Gasteiger partial charge < -0.3 is 0 Å². The topological polar surface area (TPSA) is 0 Å². The Bertz CT molecular complexity index is 2570. The zero-order valence-electron chi connectivity index (χ0n) is 28.4. The molecule has 0 aromatic heterocycles. The summed E-state index contributed by atoms with van der Waals surface area (Å²) in [7, 11) is 0. The molecule has 10 rings (SSSR count).